The number of hydrogen-bond acceptors (Lipinski definition) is 6. The molecule has 0 amide bonds. The maximum absolute atomic E-state index is 13.3. The molecule has 0 atom stereocenters. The van der Waals surface area contributed by atoms with Crippen LogP contribution in [0.2, 0.25) is 5.02 Å². The number of aromatic nitrogens is 2. The van der Waals surface area contributed by atoms with Crippen LogP contribution in [0.3, 0.4) is 0 Å². The van der Waals surface area contributed by atoms with Gasteiger partial charge in [0.2, 0.25) is 5.89 Å². The molecule has 1 aliphatic rings. The number of hydrogen-bond donors (Lipinski definition) is 2. The minimum atomic E-state index is -0.300. The van der Waals surface area contributed by atoms with Crippen LogP contribution >= 0.6 is 23.4 Å². The van der Waals surface area contributed by atoms with Gasteiger partial charge in [0.15, 0.2) is 5.09 Å². The molecule has 0 spiro atoms. The fraction of sp³-hybridized carbons (Fsp3) is 0.364. The van der Waals surface area contributed by atoms with Gasteiger partial charge in [0.05, 0.1) is 5.02 Å². The number of nitrogens with one attached hydrogen (secondary N) is 1. The predicted octanol–water partition coefficient (Wildman–Crippen LogP) is 5.32. The molecule has 0 bridgehead atoms. The number of benzene rings is 1. The van der Waals surface area contributed by atoms with E-state index >= 15 is 0 Å². The van der Waals surface area contributed by atoms with Gasteiger partial charge in [0, 0.05) is 31.0 Å². The average Bonchev–Trinajstić information content (AvgIpc) is 3.17. The van der Waals surface area contributed by atoms with Gasteiger partial charge < -0.3 is 14.8 Å². The van der Waals surface area contributed by atoms with E-state index < -0.39 is 0 Å². The van der Waals surface area contributed by atoms with E-state index in [1.807, 2.05) is 6.07 Å². The lowest BCUT2D eigenvalue weighted by Gasteiger charge is -2.27. The molecule has 1 aliphatic carbocycles. The lowest BCUT2D eigenvalue weighted by Crippen LogP contribution is -2.33. The molecule has 5 nitrogen and oxygen atoms in total. The van der Waals surface area contributed by atoms with Crippen LogP contribution in [0.25, 0.3) is 11.5 Å². The molecule has 0 unspecified atom stereocenters. The van der Waals surface area contributed by atoms with Crippen LogP contribution in [-0.4, -0.2) is 27.7 Å². The summed E-state index contributed by atoms with van der Waals surface area (Å²) in [5.41, 5.74) is 1.51. The Bertz CT molecular complexity index is 958. The molecule has 2 aromatic heterocycles. The summed E-state index contributed by atoms with van der Waals surface area (Å²) in [7, 11) is 0. The second kappa shape index (κ2) is 9.92. The van der Waals surface area contributed by atoms with Gasteiger partial charge in [-0.1, -0.05) is 11.6 Å². The van der Waals surface area contributed by atoms with Crippen molar-refractivity contribution in [2.75, 3.05) is 6.61 Å². The first-order valence-corrected chi connectivity index (χ1v) is 11.2. The van der Waals surface area contributed by atoms with Crippen LogP contribution < -0.4 is 5.32 Å². The minimum Gasteiger partial charge on any atom is -0.429 e. The van der Waals surface area contributed by atoms with E-state index in [0.29, 0.717) is 34.5 Å². The van der Waals surface area contributed by atoms with E-state index in [1.54, 1.807) is 24.4 Å². The molecular weight excluding hydrogens is 425 g/mol. The summed E-state index contributed by atoms with van der Waals surface area (Å²) < 4.78 is 19.3. The fourth-order valence-corrected chi connectivity index (χ4v) is 4.45. The summed E-state index contributed by atoms with van der Waals surface area (Å²) in [5, 5.41) is 14.9. The first-order chi connectivity index (χ1) is 14.6. The quantitative estimate of drug-likeness (QED) is 0.510. The fourth-order valence-electron chi connectivity index (χ4n) is 3.55. The molecule has 0 radical (unpaired) electrons. The Hall–Kier alpha value is -1.93. The Morgan fingerprint density at radius 2 is 1.90 bits per heavy atom. The van der Waals surface area contributed by atoms with Crippen molar-refractivity contribution in [3.8, 4) is 11.5 Å². The Labute approximate surface area is 184 Å². The van der Waals surface area contributed by atoms with E-state index in [1.165, 1.54) is 23.9 Å². The second-order valence-electron chi connectivity index (χ2n) is 7.46. The SMILES string of the molecule is OCC1CCC(NCc2nc(-c3ccc(F)cc3)oc2Sc2ccc(Cl)cn2)CC1. The van der Waals surface area contributed by atoms with Crippen LogP contribution in [0.5, 0.6) is 0 Å². The summed E-state index contributed by atoms with van der Waals surface area (Å²) in [4.78, 5) is 9.00. The number of pyridine rings is 1. The monoisotopic (exact) mass is 447 g/mol. The van der Waals surface area contributed by atoms with Gasteiger partial charge in [-0.2, -0.15) is 0 Å². The van der Waals surface area contributed by atoms with E-state index in [0.717, 1.165) is 42.0 Å². The molecule has 1 fully saturated rings. The zero-order valence-electron chi connectivity index (χ0n) is 16.4. The van der Waals surface area contributed by atoms with Gasteiger partial charge in [0.25, 0.3) is 0 Å². The molecule has 2 N–H and O–H groups in total. The smallest absolute Gasteiger partial charge is 0.227 e. The van der Waals surface area contributed by atoms with Gasteiger partial charge in [-0.15, -0.1) is 0 Å². The normalized spacial score (nSPS) is 19.2. The molecule has 0 saturated heterocycles. The van der Waals surface area contributed by atoms with Crippen molar-refractivity contribution in [1.82, 2.24) is 15.3 Å². The summed E-state index contributed by atoms with van der Waals surface area (Å²) in [6.07, 6.45) is 5.73. The van der Waals surface area contributed by atoms with Crippen molar-refractivity contribution in [1.29, 1.82) is 0 Å². The first kappa shape index (κ1) is 21.3. The van der Waals surface area contributed by atoms with Gasteiger partial charge >= 0.3 is 0 Å². The molecule has 1 aromatic carbocycles. The van der Waals surface area contributed by atoms with E-state index in [-0.39, 0.29) is 12.4 Å². The minimum absolute atomic E-state index is 0.270. The van der Waals surface area contributed by atoms with Crippen molar-refractivity contribution < 1.29 is 13.9 Å². The molecule has 30 heavy (non-hydrogen) atoms. The van der Waals surface area contributed by atoms with Crippen LogP contribution in [0.4, 0.5) is 4.39 Å². The van der Waals surface area contributed by atoms with Crippen LogP contribution in [-0.2, 0) is 6.54 Å². The van der Waals surface area contributed by atoms with Gasteiger partial charge in [-0.25, -0.2) is 14.4 Å². The van der Waals surface area contributed by atoms with Gasteiger partial charge in [0.1, 0.15) is 16.5 Å². The molecule has 0 aliphatic heterocycles. The molecule has 4 rings (SSSR count). The van der Waals surface area contributed by atoms with Crippen LogP contribution in [0.1, 0.15) is 31.4 Å². The summed E-state index contributed by atoms with van der Waals surface area (Å²) >= 11 is 7.32. The first-order valence-electron chi connectivity index (χ1n) is 10.00. The van der Waals surface area contributed by atoms with Crippen molar-refractivity contribution in [2.45, 2.75) is 48.4 Å². The van der Waals surface area contributed by atoms with Gasteiger partial charge in [-0.3, -0.25) is 0 Å². The lowest BCUT2D eigenvalue weighted by molar-refractivity contribution is 0.175. The highest BCUT2D eigenvalue weighted by Crippen LogP contribution is 2.34. The number of oxazole rings is 1. The Morgan fingerprint density at radius 3 is 2.57 bits per heavy atom. The topological polar surface area (TPSA) is 71.2 Å². The maximum Gasteiger partial charge on any atom is 0.227 e. The highest BCUT2D eigenvalue weighted by atomic mass is 35.5. The number of halogens is 2. The zero-order valence-corrected chi connectivity index (χ0v) is 17.9. The average molecular weight is 448 g/mol. The highest BCUT2D eigenvalue weighted by Gasteiger charge is 2.22. The number of nitrogens with zero attached hydrogens (tertiary/aromatic N) is 2. The predicted molar refractivity (Wildman–Crippen MR) is 115 cm³/mol. The van der Waals surface area contributed by atoms with E-state index in [2.05, 4.69) is 15.3 Å². The molecule has 8 heteroatoms. The van der Waals surface area contributed by atoms with E-state index in [4.69, 9.17) is 16.0 Å². The van der Waals surface area contributed by atoms with Crippen molar-refractivity contribution in [3.63, 3.8) is 0 Å². The standard InChI is InChI=1S/C22H23ClFN3O2S/c23-16-5-10-20(26-11-16)30-22-19(12-25-18-8-1-14(13-28)2-9-18)27-21(29-22)15-3-6-17(24)7-4-15/h3-7,10-11,14,18,25,28H,1-2,8-9,12-13H2. The van der Waals surface area contributed by atoms with Crippen LogP contribution in [0.15, 0.2) is 57.1 Å². The Kier molecular flexibility index (Phi) is 7.04. The molecule has 158 valence electrons. The van der Waals surface area contributed by atoms with Crippen LogP contribution in [0, 0.1) is 11.7 Å². The summed E-state index contributed by atoms with van der Waals surface area (Å²) in [6.45, 7) is 0.834. The molecule has 1 saturated carbocycles. The van der Waals surface area contributed by atoms with Crippen molar-refractivity contribution in [3.05, 3.63) is 59.1 Å². The maximum atomic E-state index is 13.3. The second-order valence-corrected chi connectivity index (χ2v) is 8.89. The largest absolute Gasteiger partial charge is 0.429 e. The summed E-state index contributed by atoms with van der Waals surface area (Å²) in [5.74, 6) is 0.570. The third-order valence-corrected chi connectivity index (χ3v) is 6.49. The molecular formula is C22H23ClFN3O2S. The Balaban J connectivity index is 1.52. The lowest BCUT2D eigenvalue weighted by atomic mass is 9.86. The van der Waals surface area contributed by atoms with Crippen molar-refractivity contribution in [2.24, 2.45) is 5.92 Å². The van der Waals surface area contributed by atoms with Crippen molar-refractivity contribution >= 4 is 23.4 Å². The third kappa shape index (κ3) is 5.40. The number of aliphatic hydroxyl groups excluding tert-OH is 1. The summed E-state index contributed by atoms with van der Waals surface area (Å²) in [6, 6.07) is 10.1. The van der Waals surface area contributed by atoms with E-state index in [9.17, 15) is 9.50 Å². The zero-order chi connectivity index (χ0) is 20.9. The Morgan fingerprint density at radius 1 is 1.13 bits per heavy atom. The molecule has 2 heterocycles. The third-order valence-electron chi connectivity index (χ3n) is 5.31. The number of aliphatic hydroxyl groups is 1. The number of rotatable bonds is 7. The highest BCUT2D eigenvalue weighted by molar-refractivity contribution is 7.99. The molecule has 3 aromatic rings. The van der Waals surface area contributed by atoms with Gasteiger partial charge in [-0.05, 0) is 79.8 Å².